The highest BCUT2D eigenvalue weighted by Gasteiger charge is 2.38. The lowest BCUT2D eigenvalue weighted by Gasteiger charge is -2.41. The zero-order valence-electron chi connectivity index (χ0n) is 28.9. The van der Waals surface area contributed by atoms with Crippen LogP contribution in [0.4, 0.5) is 0 Å². The summed E-state index contributed by atoms with van der Waals surface area (Å²) in [5, 5.41) is 0. The first-order chi connectivity index (χ1) is 19.3. The first-order valence-electron chi connectivity index (χ1n) is 17.5. The highest BCUT2D eigenvalue weighted by Crippen LogP contribution is 2.49. The number of unbranched alkanes of at least 4 members (excludes halogenated alkanes) is 13. The average molecular weight is 493 g/mol. The van der Waals surface area contributed by atoms with Gasteiger partial charge in [0.15, 0.2) is 6.29 Å². The molecule has 200 valence electrons. The lowest BCUT2D eigenvalue weighted by Crippen LogP contribution is -2.38. The van der Waals surface area contributed by atoms with Gasteiger partial charge >= 0.3 is 0 Å². The molecule has 3 nitrogen and oxygen atoms in total. The van der Waals surface area contributed by atoms with Gasteiger partial charge in [-0.3, -0.25) is 0 Å². The van der Waals surface area contributed by atoms with Crippen LogP contribution in [0.3, 0.4) is 0 Å². The summed E-state index contributed by atoms with van der Waals surface area (Å²) in [6, 6.07) is 0. The van der Waals surface area contributed by atoms with Crippen LogP contribution in [0.1, 0.15) is 167 Å². The molecule has 2 aliphatic rings. The van der Waals surface area contributed by atoms with Crippen LogP contribution in [0.15, 0.2) is 0 Å². The molecule has 0 fully saturated rings. The first-order valence-corrected chi connectivity index (χ1v) is 14.5. The molecule has 0 aliphatic carbocycles. The van der Waals surface area contributed by atoms with E-state index >= 15 is 0 Å². The summed E-state index contributed by atoms with van der Waals surface area (Å²) < 4.78 is 65.8. The van der Waals surface area contributed by atoms with E-state index in [1.807, 2.05) is 13.8 Å². The molecule has 0 radical (unpaired) electrons. The molecular weight excluding hydrogens is 432 g/mol. The van der Waals surface area contributed by atoms with Gasteiger partial charge in [0.2, 0.25) is 0 Å². The van der Waals surface area contributed by atoms with Gasteiger partial charge in [-0.2, -0.15) is 0 Å². The molecule has 1 unspecified atom stereocenters. The molecule has 1 aromatic carbocycles. The van der Waals surface area contributed by atoms with Crippen molar-refractivity contribution >= 4 is 0 Å². The highest BCUT2D eigenvalue weighted by atomic mass is 16.7. The third kappa shape index (κ3) is 7.88. The van der Waals surface area contributed by atoms with Crippen LogP contribution >= 0.6 is 0 Å². The number of hydrogen-bond donors (Lipinski definition) is 0. The minimum absolute atomic E-state index is 0.317. The topological polar surface area (TPSA) is 27.7 Å². The molecule has 0 aromatic heterocycles. The van der Waals surface area contributed by atoms with E-state index in [9.17, 15) is 0 Å². The van der Waals surface area contributed by atoms with E-state index in [1.165, 1.54) is 83.5 Å². The molecule has 3 rings (SSSR count). The van der Waals surface area contributed by atoms with E-state index in [0.29, 0.717) is 29.0 Å². The maximum atomic E-state index is 8.13. The maximum Gasteiger partial charge on any atom is 0.197 e. The van der Waals surface area contributed by atoms with E-state index in [0.717, 1.165) is 30.4 Å². The molecule has 0 N–H and O–H groups in total. The Balaban J connectivity index is 1.52. The fraction of sp³-hybridized carbons (Fsp3) is 0.812. The van der Waals surface area contributed by atoms with Crippen molar-refractivity contribution in [2.24, 2.45) is 0 Å². The number of fused-ring (bicyclic) bond motifs is 3. The van der Waals surface area contributed by atoms with E-state index in [-0.39, 0.29) is 5.60 Å². The second-order valence-electron chi connectivity index (χ2n) is 11.2. The summed E-state index contributed by atoms with van der Waals surface area (Å²) in [4.78, 5) is 0. The molecule has 0 amide bonds. The van der Waals surface area contributed by atoms with Gasteiger partial charge in [-0.05, 0) is 71.3 Å². The fourth-order valence-electron chi connectivity index (χ4n) is 5.73. The van der Waals surface area contributed by atoms with Gasteiger partial charge in [0.25, 0.3) is 0 Å². The van der Waals surface area contributed by atoms with Gasteiger partial charge in [0.05, 0.1) is 6.10 Å². The third-order valence-corrected chi connectivity index (χ3v) is 8.15. The second kappa shape index (κ2) is 13.9. The second-order valence-corrected chi connectivity index (χ2v) is 11.2. The average Bonchev–Trinajstić information content (AvgIpc) is 2.90. The zero-order valence-corrected chi connectivity index (χ0v) is 22.9. The predicted molar refractivity (Wildman–Crippen MR) is 148 cm³/mol. The number of hydrogen-bond acceptors (Lipinski definition) is 3. The van der Waals surface area contributed by atoms with Crippen LogP contribution in [0, 0.1) is 13.8 Å². The Hall–Kier alpha value is -1.22. The summed E-state index contributed by atoms with van der Waals surface area (Å²) in [7, 11) is 0. The Morgan fingerprint density at radius 1 is 0.800 bits per heavy atom. The summed E-state index contributed by atoms with van der Waals surface area (Å²) >= 11 is 0. The summed E-state index contributed by atoms with van der Waals surface area (Å²) in [5.74, 6) is 1.04. The normalized spacial score (nSPS) is 26.6. The van der Waals surface area contributed by atoms with E-state index in [4.69, 9.17) is 22.4 Å². The van der Waals surface area contributed by atoms with Crippen molar-refractivity contribution < 1.29 is 22.4 Å². The van der Waals surface area contributed by atoms with Crippen LogP contribution < -0.4 is 9.47 Å². The van der Waals surface area contributed by atoms with Gasteiger partial charge in [-0.1, -0.05) is 90.4 Å². The molecule has 0 spiro atoms. The molecule has 0 bridgehead atoms. The van der Waals surface area contributed by atoms with Crippen molar-refractivity contribution in [3.05, 3.63) is 22.3 Å². The van der Waals surface area contributed by atoms with Crippen molar-refractivity contribution in [2.75, 3.05) is 0 Å². The molecule has 3 atom stereocenters. The van der Waals surface area contributed by atoms with Gasteiger partial charge in [0, 0.05) is 19.4 Å². The van der Waals surface area contributed by atoms with E-state index in [2.05, 4.69) is 13.8 Å². The quantitative estimate of drug-likeness (QED) is 0.228. The molecule has 0 saturated carbocycles. The lowest BCUT2D eigenvalue weighted by atomic mass is 9.83. The molecule has 2 aliphatic heterocycles. The van der Waals surface area contributed by atoms with Crippen molar-refractivity contribution in [2.45, 2.75) is 169 Å². The van der Waals surface area contributed by atoms with Crippen LogP contribution in [-0.2, 0) is 11.2 Å². The Morgan fingerprint density at radius 3 is 1.94 bits per heavy atom. The highest BCUT2D eigenvalue weighted by molar-refractivity contribution is 5.60. The van der Waals surface area contributed by atoms with Crippen molar-refractivity contribution in [3.63, 3.8) is 0 Å². The largest absolute Gasteiger partial charge is 0.487 e. The van der Waals surface area contributed by atoms with Crippen molar-refractivity contribution in [1.82, 2.24) is 0 Å². The van der Waals surface area contributed by atoms with Crippen LogP contribution in [0.25, 0.3) is 0 Å². The van der Waals surface area contributed by atoms with Gasteiger partial charge in [-0.25, -0.2) is 0 Å². The standard InChI is InChI=1S/C32H54O3/c1-7-8-9-10-11-12-13-14-15-16-17-18-19-20-22-32(6)23-21-28-29-26(4)33-27(5)34-31(29)25(3)24(2)30(28)35-32/h26-27H,7-23H2,1-6H3/t26-,27+,32?/m1/s1/i4D3,5D3. The summed E-state index contributed by atoms with van der Waals surface area (Å²) in [6.45, 7) is 3.08. The minimum atomic E-state index is -2.60. The predicted octanol–water partition coefficient (Wildman–Crippen LogP) is 10.1. The summed E-state index contributed by atoms with van der Waals surface area (Å²) in [6.07, 6.45) is 18.0. The number of ether oxygens (including phenoxy) is 3. The number of benzene rings is 1. The van der Waals surface area contributed by atoms with Gasteiger partial charge in [0.1, 0.15) is 17.1 Å². The Labute approximate surface area is 225 Å². The van der Waals surface area contributed by atoms with E-state index < -0.39 is 26.1 Å². The molecule has 1 aromatic rings. The summed E-state index contributed by atoms with van der Waals surface area (Å²) in [5.41, 5.74) is 2.49. The molecule has 35 heavy (non-hydrogen) atoms. The third-order valence-electron chi connectivity index (χ3n) is 8.15. The van der Waals surface area contributed by atoms with Crippen LogP contribution in [0.5, 0.6) is 11.5 Å². The minimum Gasteiger partial charge on any atom is -0.487 e. The Kier molecular flexibility index (Phi) is 8.27. The van der Waals surface area contributed by atoms with Crippen molar-refractivity contribution in [3.8, 4) is 11.5 Å². The van der Waals surface area contributed by atoms with Gasteiger partial charge < -0.3 is 14.2 Å². The van der Waals surface area contributed by atoms with Gasteiger partial charge in [-0.15, -0.1) is 0 Å². The molecular formula is C32H54O3. The Bertz CT molecular complexity index is 974. The maximum absolute atomic E-state index is 8.13. The fourth-order valence-corrected chi connectivity index (χ4v) is 5.73. The zero-order chi connectivity index (χ0) is 30.3. The SMILES string of the molecule is [2H]C([2H])([2H])[C@@H]1Oc2c(C)c(C)c3c(c2[C@@H](C([2H])([2H])[2H])O1)CCC(C)(CCCCCCCCCCCCCCCC)O3. The Morgan fingerprint density at radius 2 is 1.37 bits per heavy atom. The first kappa shape index (κ1) is 20.8. The van der Waals surface area contributed by atoms with Crippen LogP contribution in [0.2, 0.25) is 0 Å². The van der Waals surface area contributed by atoms with Crippen molar-refractivity contribution in [1.29, 1.82) is 0 Å². The smallest absolute Gasteiger partial charge is 0.197 e. The van der Waals surface area contributed by atoms with E-state index in [1.54, 1.807) is 0 Å². The monoisotopic (exact) mass is 492 g/mol. The molecule has 2 heterocycles. The molecule has 0 saturated heterocycles. The molecule has 3 heteroatoms. The van der Waals surface area contributed by atoms with Crippen LogP contribution in [-0.4, -0.2) is 11.9 Å². The number of rotatable bonds is 15. The lowest BCUT2D eigenvalue weighted by molar-refractivity contribution is -0.124.